The molecule has 0 saturated carbocycles. The summed E-state index contributed by atoms with van der Waals surface area (Å²) in [5, 5.41) is 3.25. The van der Waals surface area contributed by atoms with Crippen molar-refractivity contribution in [1.29, 1.82) is 0 Å². The van der Waals surface area contributed by atoms with Crippen molar-refractivity contribution in [2.75, 3.05) is 29.9 Å². The molecule has 1 unspecified atom stereocenters. The van der Waals surface area contributed by atoms with Gasteiger partial charge in [-0.3, -0.25) is 4.79 Å². The van der Waals surface area contributed by atoms with Crippen molar-refractivity contribution in [1.82, 2.24) is 9.88 Å². The summed E-state index contributed by atoms with van der Waals surface area (Å²) in [6.45, 7) is 3.11. The Morgan fingerprint density at radius 2 is 2.00 bits per heavy atom. The molecule has 1 aliphatic heterocycles. The van der Waals surface area contributed by atoms with Gasteiger partial charge < -0.3 is 10.2 Å². The van der Waals surface area contributed by atoms with E-state index in [0.717, 1.165) is 13.0 Å². The van der Waals surface area contributed by atoms with Crippen LogP contribution in [0.3, 0.4) is 0 Å². The molecule has 27 heavy (non-hydrogen) atoms. The van der Waals surface area contributed by atoms with E-state index in [-0.39, 0.29) is 23.5 Å². The van der Waals surface area contributed by atoms with Crippen molar-refractivity contribution < 1.29 is 13.2 Å². The molecule has 0 aliphatic carbocycles. The van der Waals surface area contributed by atoms with Gasteiger partial charge in [0.2, 0.25) is 0 Å². The summed E-state index contributed by atoms with van der Waals surface area (Å²) in [6, 6.07) is 13.5. The smallest absolute Gasteiger partial charge is 0.255 e. The maximum Gasteiger partial charge on any atom is 0.255 e. The largest absolute Gasteiger partial charge is 0.370 e. The first kappa shape index (κ1) is 19.4. The van der Waals surface area contributed by atoms with Gasteiger partial charge in [-0.1, -0.05) is 30.3 Å². The molecule has 2 aromatic rings. The molecule has 144 valence electrons. The first-order valence-electron chi connectivity index (χ1n) is 9.24. The van der Waals surface area contributed by atoms with Gasteiger partial charge in [0.05, 0.1) is 17.1 Å². The summed E-state index contributed by atoms with van der Waals surface area (Å²) in [6.07, 6.45) is 2.96. The Morgan fingerprint density at radius 3 is 2.59 bits per heavy atom. The number of anilines is 1. The Morgan fingerprint density at radius 1 is 1.22 bits per heavy atom. The van der Waals surface area contributed by atoms with E-state index in [2.05, 4.69) is 22.4 Å². The predicted octanol–water partition coefficient (Wildman–Crippen LogP) is 2.39. The molecular weight excluding hydrogens is 362 g/mol. The number of carbonyl (C=O) groups is 1. The number of pyridine rings is 1. The fourth-order valence-electron chi connectivity index (χ4n) is 3.36. The van der Waals surface area contributed by atoms with Crippen molar-refractivity contribution in [3.63, 3.8) is 0 Å². The van der Waals surface area contributed by atoms with Crippen molar-refractivity contribution in [3.8, 4) is 0 Å². The van der Waals surface area contributed by atoms with E-state index in [4.69, 9.17) is 0 Å². The van der Waals surface area contributed by atoms with E-state index < -0.39 is 9.84 Å². The first-order valence-corrected chi connectivity index (χ1v) is 11.1. The quantitative estimate of drug-likeness (QED) is 0.789. The van der Waals surface area contributed by atoms with Crippen LogP contribution in [-0.2, 0) is 16.3 Å². The first-order chi connectivity index (χ1) is 13.0. The van der Waals surface area contributed by atoms with Crippen LogP contribution in [0.25, 0.3) is 0 Å². The Bertz CT molecular complexity index is 867. The van der Waals surface area contributed by atoms with Gasteiger partial charge in [-0.2, -0.15) is 0 Å². The number of nitrogens with one attached hydrogen (secondary N) is 1. The van der Waals surface area contributed by atoms with Crippen LogP contribution >= 0.6 is 0 Å². The van der Waals surface area contributed by atoms with Crippen molar-refractivity contribution in [3.05, 3.63) is 59.8 Å². The number of rotatable bonds is 7. The van der Waals surface area contributed by atoms with E-state index in [9.17, 15) is 13.2 Å². The number of aromatic nitrogens is 1. The second kappa shape index (κ2) is 8.52. The molecule has 1 aliphatic rings. The Hall–Kier alpha value is -2.41. The van der Waals surface area contributed by atoms with Gasteiger partial charge in [0.25, 0.3) is 5.91 Å². The van der Waals surface area contributed by atoms with Crippen LogP contribution in [0.1, 0.15) is 29.3 Å². The second-order valence-electron chi connectivity index (χ2n) is 6.74. The minimum Gasteiger partial charge on any atom is -0.370 e. The maximum absolute atomic E-state index is 12.8. The number of benzene rings is 1. The molecule has 7 heteroatoms. The summed E-state index contributed by atoms with van der Waals surface area (Å²) >= 11 is 0. The highest BCUT2D eigenvalue weighted by Crippen LogP contribution is 2.20. The molecule has 0 spiro atoms. The molecule has 1 saturated heterocycles. The fraction of sp³-hybridized carbons (Fsp3) is 0.400. The lowest BCUT2D eigenvalue weighted by Gasteiger charge is -2.26. The summed E-state index contributed by atoms with van der Waals surface area (Å²) in [5.74, 6) is 0.764. The van der Waals surface area contributed by atoms with Crippen LogP contribution < -0.4 is 5.32 Å². The van der Waals surface area contributed by atoms with Crippen LogP contribution in [0.15, 0.2) is 48.7 Å². The number of amides is 1. The lowest BCUT2D eigenvalue weighted by atomic mass is 10.1. The van der Waals surface area contributed by atoms with Gasteiger partial charge in [-0.05, 0) is 37.5 Å². The molecule has 2 heterocycles. The zero-order chi connectivity index (χ0) is 19.3. The highest BCUT2D eigenvalue weighted by Gasteiger charge is 2.34. The molecule has 1 amide bonds. The Kier molecular flexibility index (Phi) is 6.11. The summed E-state index contributed by atoms with van der Waals surface area (Å²) in [5.41, 5.74) is 1.73. The molecule has 1 fully saturated rings. The Labute approximate surface area is 160 Å². The average Bonchev–Trinajstić information content (AvgIpc) is 3.03. The average molecular weight is 388 g/mol. The van der Waals surface area contributed by atoms with E-state index >= 15 is 0 Å². The number of sulfone groups is 1. The van der Waals surface area contributed by atoms with Crippen LogP contribution in [0.2, 0.25) is 0 Å². The summed E-state index contributed by atoms with van der Waals surface area (Å²) < 4.78 is 23.4. The van der Waals surface area contributed by atoms with E-state index in [1.54, 1.807) is 23.2 Å². The molecule has 3 rings (SSSR count). The summed E-state index contributed by atoms with van der Waals surface area (Å²) in [7, 11) is -3.03. The van der Waals surface area contributed by atoms with Crippen LogP contribution in [-0.4, -0.2) is 54.8 Å². The predicted molar refractivity (Wildman–Crippen MR) is 107 cm³/mol. The number of nitrogens with zero attached hydrogens (tertiary/aromatic N) is 2. The second-order valence-corrected chi connectivity index (χ2v) is 8.97. The van der Waals surface area contributed by atoms with Crippen molar-refractivity contribution >= 4 is 21.6 Å². The van der Waals surface area contributed by atoms with E-state index in [1.807, 2.05) is 25.1 Å². The van der Waals surface area contributed by atoms with Gasteiger partial charge >= 0.3 is 0 Å². The minimum absolute atomic E-state index is 0.0547. The molecule has 6 nitrogen and oxygen atoms in total. The lowest BCUT2D eigenvalue weighted by Crippen LogP contribution is -2.41. The molecule has 1 N–H and O–H groups in total. The third kappa shape index (κ3) is 5.07. The van der Waals surface area contributed by atoms with Crippen LogP contribution in [0.4, 0.5) is 5.82 Å². The van der Waals surface area contributed by atoms with E-state index in [0.29, 0.717) is 24.3 Å². The van der Waals surface area contributed by atoms with Gasteiger partial charge in [-0.15, -0.1) is 0 Å². The highest BCUT2D eigenvalue weighted by molar-refractivity contribution is 7.91. The monoisotopic (exact) mass is 387 g/mol. The number of carbonyl (C=O) groups excluding carboxylic acids is 1. The molecule has 1 aromatic heterocycles. The molecular formula is C20H25N3O3S. The topological polar surface area (TPSA) is 79.4 Å². The van der Waals surface area contributed by atoms with Crippen LogP contribution in [0.5, 0.6) is 0 Å². The van der Waals surface area contributed by atoms with Crippen molar-refractivity contribution in [2.24, 2.45) is 0 Å². The van der Waals surface area contributed by atoms with Crippen LogP contribution in [0, 0.1) is 0 Å². The third-order valence-electron chi connectivity index (χ3n) is 4.82. The fourth-order valence-corrected chi connectivity index (χ4v) is 5.09. The zero-order valence-electron chi connectivity index (χ0n) is 15.5. The van der Waals surface area contributed by atoms with Gasteiger partial charge in [0.15, 0.2) is 9.84 Å². The molecule has 0 bridgehead atoms. The maximum atomic E-state index is 12.8. The SMILES string of the molecule is CCN(C(=O)c1ccc(NCCc2ccccc2)nc1)C1CCS(=O)(=O)C1. The van der Waals surface area contributed by atoms with Gasteiger partial charge in [0, 0.05) is 25.3 Å². The van der Waals surface area contributed by atoms with E-state index in [1.165, 1.54) is 5.56 Å². The highest BCUT2D eigenvalue weighted by atomic mass is 32.2. The standard InChI is InChI=1S/C20H25N3O3S/c1-2-23(18-11-13-27(25,26)15-18)20(24)17-8-9-19(22-14-17)21-12-10-16-6-4-3-5-7-16/h3-9,14,18H,2,10-13,15H2,1H3,(H,21,22). The number of hydrogen-bond acceptors (Lipinski definition) is 5. The lowest BCUT2D eigenvalue weighted by molar-refractivity contribution is 0.0708. The molecule has 1 aromatic carbocycles. The van der Waals surface area contributed by atoms with Gasteiger partial charge in [-0.25, -0.2) is 13.4 Å². The summed E-state index contributed by atoms with van der Waals surface area (Å²) in [4.78, 5) is 18.7. The molecule has 1 atom stereocenters. The van der Waals surface area contributed by atoms with Gasteiger partial charge in [0.1, 0.15) is 5.82 Å². The number of hydrogen-bond donors (Lipinski definition) is 1. The Balaban J connectivity index is 1.58. The molecule has 0 radical (unpaired) electrons. The zero-order valence-corrected chi connectivity index (χ0v) is 16.3. The van der Waals surface area contributed by atoms with Crippen molar-refractivity contribution in [2.45, 2.75) is 25.8 Å². The third-order valence-corrected chi connectivity index (χ3v) is 6.57. The minimum atomic E-state index is -3.03. The normalized spacial score (nSPS) is 18.2.